The van der Waals surface area contributed by atoms with Gasteiger partial charge in [-0.1, -0.05) is 0 Å². The zero-order chi connectivity index (χ0) is 17.7. The molecule has 0 atom stereocenters. The minimum atomic E-state index is -0.0539. The highest BCUT2D eigenvalue weighted by atomic mass is 127. The van der Waals surface area contributed by atoms with Crippen molar-refractivity contribution in [3.8, 4) is 5.75 Å². The van der Waals surface area contributed by atoms with Crippen LogP contribution in [0.4, 0.5) is 5.69 Å². The van der Waals surface area contributed by atoms with Gasteiger partial charge in [0.1, 0.15) is 5.75 Å². The molecule has 1 aromatic heterocycles. The SMILES string of the molecule is Cc1ccc(CN=C(N)Nc2ccc(OC(C)C)cc2)c(=O)n1C.I. The van der Waals surface area contributed by atoms with E-state index in [9.17, 15) is 4.79 Å². The predicted octanol–water partition coefficient (Wildman–Crippen LogP) is 3.03. The van der Waals surface area contributed by atoms with Crippen LogP contribution in [0.3, 0.4) is 0 Å². The number of aromatic nitrogens is 1. The second-order valence-electron chi connectivity index (χ2n) is 5.88. The van der Waals surface area contributed by atoms with E-state index in [4.69, 9.17) is 10.5 Å². The smallest absolute Gasteiger partial charge is 0.255 e. The number of anilines is 1. The Morgan fingerprint density at radius 2 is 1.88 bits per heavy atom. The number of benzene rings is 1. The van der Waals surface area contributed by atoms with Crippen molar-refractivity contribution in [3.05, 3.63) is 58.0 Å². The van der Waals surface area contributed by atoms with Crippen molar-refractivity contribution < 1.29 is 4.74 Å². The van der Waals surface area contributed by atoms with Crippen LogP contribution in [0.15, 0.2) is 46.2 Å². The Morgan fingerprint density at radius 3 is 2.48 bits per heavy atom. The summed E-state index contributed by atoms with van der Waals surface area (Å²) >= 11 is 0. The van der Waals surface area contributed by atoms with Gasteiger partial charge in [0, 0.05) is 24.0 Å². The fourth-order valence-corrected chi connectivity index (χ4v) is 2.15. The molecule has 3 N–H and O–H groups in total. The summed E-state index contributed by atoms with van der Waals surface area (Å²) in [5.74, 6) is 1.06. The molecule has 0 unspecified atom stereocenters. The van der Waals surface area contributed by atoms with Crippen LogP contribution >= 0.6 is 24.0 Å². The van der Waals surface area contributed by atoms with Gasteiger partial charge in [0.25, 0.3) is 5.56 Å². The molecule has 0 spiro atoms. The number of rotatable bonds is 5. The molecule has 136 valence electrons. The zero-order valence-electron chi connectivity index (χ0n) is 14.9. The molecule has 2 aromatic rings. The molecule has 6 nitrogen and oxygen atoms in total. The van der Waals surface area contributed by atoms with Gasteiger partial charge >= 0.3 is 0 Å². The normalized spacial score (nSPS) is 11.2. The molecular weight excluding hydrogens is 431 g/mol. The highest BCUT2D eigenvalue weighted by Crippen LogP contribution is 2.16. The molecule has 0 fully saturated rings. The van der Waals surface area contributed by atoms with E-state index in [1.54, 1.807) is 17.7 Å². The van der Waals surface area contributed by atoms with Crippen LogP contribution in [0.5, 0.6) is 5.75 Å². The molecule has 0 aliphatic heterocycles. The number of nitrogens with one attached hydrogen (secondary N) is 1. The van der Waals surface area contributed by atoms with E-state index in [2.05, 4.69) is 10.3 Å². The molecule has 0 saturated heterocycles. The first-order valence-electron chi connectivity index (χ1n) is 7.86. The van der Waals surface area contributed by atoms with Crippen molar-refractivity contribution >= 4 is 35.6 Å². The summed E-state index contributed by atoms with van der Waals surface area (Å²) in [4.78, 5) is 16.3. The fourth-order valence-electron chi connectivity index (χ4n) is 2.15. The summed E-state index contributed by atoms with van der Waals surface area (Å²) in [5, 5.41) is 3.00. The van der Waals surface area contributed by atoms with Gasteiger partial charge in [-0.2, -0.15) is 0 Å². The number of nitrogens with two attached hydrogens (primary N) is 1. The van der Waals surface area contributed by atoms with E-state index in [-0.39, 0.29) is 48.1 Å². The van der Waals surface area contributed by atoms with Crippen LogP contribution in [-0.4, -0.2) is 16.6 Å². The maximum absolute atomic E-state index is 12.1. The lowest BCUT2D eigenvalue weighted by Gasteiger charge is -2.11. The minimum absolute atomic E-state index is 0. The molecule has 7 heteroatoms. The minimum Gasteiger partial charge on any atom is -0.491 e. The highest BCUT2D eigenvalue weighted by molar-refractivity contribution is 14.0. The van der Waals surface area contributed by atoms with Crippen molar-refractivity contribution in [1.29, 1.82) is 0 Å². The Morgan fingerprint density at radius 1 is 1.24 bits per heavy atom. The van der Waals surface area contributed by atoms with Gasteiger partial charge in [0.15, 0.2) is 5.96 Å². The molecule has 0 aliphatic rings. The molecule has 1 heterocycles. The predicted molar refractivity (Wildman–Crippen MR) is 113 cm³/mol. The van der Waals surface area contributed by atoms with Crippen LogP contribution in [0.25, 0.3) is 0 Å². The molecule has 1 aromatic carbocycles. The third kappa shape index (κ3) is 6.08. The summed E-state index contributed by atoms with van der Waals surface area (Å²) in [7, 11) is 1.74. The Kier molecular flexibility index (Phi) is 7.95. The Bertz CT molecular complexity index is 783. The monoisotopic (exact) mass is 456 g/mol. The topological polar surface area (TPSA) is 81.6 Å². The van der Waals surface area contributed by atoms with E-state index >= 15 is 0 Å². The summed E-state index contributed by atoms with van der Waals surface area (Å²) in [6.45, 7) is 6.08. The molecule has 2 rings (SSSR count). The van der Waals surface area contributed by atoms with Crippen molar-refractivity contribution in [2.75, 3.05) is 5.32 Å². The van der Waals surface area contributed by atoms with Crippen LogP contribution in [0.2, 0.25) is 0 Å². The van der Waals surface area contributed by atoms with Gasteiger partial charge in [0.2, 0.25) is 0 Å². The molecule has 25 heavy (non-hydrogen) atoms. The largest absolute Gasteiger partial charge is 0.491 e. The lowest BCUT2D eigenvalue weighted by Crippen LogP contribution is -2.25. The number of ether oxygens (including phenoxy) is 1. The maximum atomic E-state index is 12.1. The molecule has 0 aliphatic carbocycles. The van der Waals surface area contributed by atoms with Crippen LogP contribution < -0.4 is 21.3 Å². The molecule has 0 radical (unpaired) electrons. The third-order valence-corrected chi connectivity index (χ3v) is 3.55. The number of pyridine rings is 1. The average Bonchev–Trinajstić information content (AvgIpc) is 2.53. The number of halogens is 1. The molecule has 0 saturated carbocycles. The van der Waals surface area contributed by atoms with Gasteiger partial charge < -0.3 is 20.4 Å². The summed E-state index contributed by atoms with van der Waals surface area (Å²) < 4.78 is 7.19. The number of nitrogens with zero attached hydrogens (tertiary/aromatic N) is 2. The highest BCUT2D eigenvalue weighted by Gasteiger charge is 2.03. The van der Waals surface area contributed by atoms with Gasteiger partial charge in [-0.25, -0.2) is 4.99 Å². The van der Waals surface area contributed by atoms with Crippen LogP contribution in [0.1, 0.15) is 25.1 Å². The number of aryl methyl sites for hydroxylation is 1. The van der Waals surface area contributed by atoms with Crippen LogP contribution in [0, 0.1) is 6.92 Å². The number of hydrogen-bond donors (Lipinski definition) is 2. The van der Waals surface area contributed by atoms with Gasteiger partial charge in [-0.3, -0.25) is 4.79 Å². The van der Waals surface area contributed by atoms with Crippen molar-refractivity contribution in [3.63, 3.8) is 0 Å². The van der Waals surface area contributed by atoms with Crippen LogP contribution in [-0.2, 0) is 13.6 Å². The van der Waals surface area contributed by atoms with Gasteiger partial charge in [0.05, 0.1) is 12.6 Å². The second kappa shape index (κ2) is 9.45. The summed E-state index contributed by atoms with van der Waals surface area (Å²) in [6.07, 6.45) is 0.132. The fraction of sp³-hybridized carbons (Fsp3) is 0.333. The third-order valence-electron chi connectivity index (χ3n) is 3.55. The standard InChI is InChI=1S/C18H24N4O2.HI/c1-12(2)24-16-9-7-15(8-10-16)21-18(19)20-11-14-6-5-13(3)22(4)17(14)23;/h5-10,12H,11H2,1-4H3,(H3,19,20,21);1H. The van der Waals surface area contributed by atoms with Crippen molar-refractivity contribution in [1.82, 2.24) is 4.57 Å². The Hall–Kier alpha value is -2.03. The van der Waals surface area contributed by atoms with E-state index < -0.39 is 0 Å². The number of guanidine groups is 1. The Balaban J connectivity index is 0.00000312. The second-order valence-corrected chi connectivity index (χ2v) is 5.88. The van der Waals surface area contributed by atoms with Crippen molar-refractivity contribution in [2.45, 2.75) is 33.4 Å². The number of aliphatic imine (C=N–C) groups is 1. The summed E-state index contributed by atoms with van der Waals surface area (Å²) in [6, 6.07) is 11.1. The number of hydrogen-bond acceptors (Lipinski definition) is 3. The van der Waals surface area contributed by atoms with E-state index in [1.807, 2.05) is 51.1 Å². The van der Waals surface area contributed by atoms with E-state index in [1.165, 1.54) is 0 Å². The lowest BCUT2D eigenvalue weighted by molar-refractivity contribution is 0.242. The lowest BCUT2D eigenvalue weighted by atomic mass is 10.2. The molecule has 0 amide bonds. The Labute approximate surface area is 165 Å². The van der Waals surface area contributed by atoms with Crippen molar-refractivity contribution in [2.24, 2.45) is 17.8 Å². The quantitative estimate of drug-likeness (QED) is 0.412. The molecule has 0 bridgehead atoms. The maximum Gasteiger partial charge on any atom is 0.255 e. The summed E-state index contributed by atoms with van der Waals surface area (Å²) in [5.41, 5.74) is 8.15. The van der Waals surface area contributed by atoms with Gasteiger partial charge in [-0.15, -0.1) is 24.0 Å². The average molecular weight is 456 g/mol. The van der Waals surface area contributed by atoms with E-state index in [0.717, 1.165) is 17.1 Å². The first-order chi connectivity index (χ1) is 11.4. The first-order valence-corrected chi connectivity index (χ1v) is 7.86. The molecular formula is C18H25IN4O2. The first kappa shape index (κ1) is 21.0. The van der Waals surface area contributed by atoms with E-state index in [0.29, 0.717) is 5.56 Å². The zero-order valence-corrected chi connectivity index (χ0v) is 17.3. The van der Waals surface area contributed by atoms with Gasteiger partial charge in [-0.05, 0) is 57.2 Å².